The van der Waals surface area contributed by atoms with E-state index in [0.717, 1.165) is 31.6 Å². The molecule has 1 atom stereocenters. The van der Waals surface area contributed by atoms with E-state index in [1.165, 1.54) is 27.6 Å². The van der Waals surface area contributed by atoms with Crippen molar-refractivity contribution in [2.24, 2.45) is 0 Å². The van der Waals surface area contributed by atoms with Gasteiger partial charge in [0, 0.05) is 24.3 Å². The van der Waals surface area contributed by atoms with Gasteiger partial charge in [0.1, 0.15) is 18.2 Å². The highest BCUT2D eigenvalue weighted by Crippen LogP contribution is 2.25. The molecule has 31 heavy (non-hydrogen) atoms. The van der Waals surface area contributed by atoms with Crippen LogP contribution in [0, 0.1) is 5.82 Å². The standard InChI is InChI=1S/C21H22FN7O2/c1-2-16-8-3-4-10-27(16)17-9-11-28-20(23-17)25-29(21(28)30)13-18-24-19(26-31-18)14-6-5-7-15(22)12-14/h5-7,9,11-12,16H,2-4,8,10,13H2,1H3. The monoisotopic (exact) mass is 423 g/mol. The molecule has 0 saturated carbocycles. The predicted molar refractivity (Wildman–Crippen MR) is 111 cm³/mol. The average Bonchev–Trinajstić information content (AvgIpc) is 3.38. The van der Waals surface area contributed by atoms with E-state index >= 15 is 0 Å². The van der Waals surface area contributed by atoms with Crippen LogP contribution in [0.25, 0.3) is 17.2 Å². The summed E-state index contributed by atoms with van der Waals surface area (Å²) in [6.07, 6.45) is 6.27. The van der Waals surface area contributed by atoms with Crippen molar-refractivity contribution in [1.29, 1.82) is 0 Å². The van der Waals surface area contributed by atoms with E-state index < -0.39 is 0 Å². The second kappa shape index (κ2) is 7.93. The van der Waals surface area contributed by atoms with Crippen LogP contribution in [-0.2, 0) is 6.54 Å². The van der Waals surface area contributed by atoms with E-state index in [9.17, 15) is 9.18 Å². The summed E-state index contributed by atoms with van der Waals surface area (Å²) < 4.78 is 21.3. The molecule has 5 rings (SSSR count). The van der Waals surface area contributed by atoms with E-state index in [1.807, 2.05) is 6.07 Å². The fraction of sp³-hybridized carbons (Fsp3) is 0.381. The minimum absolute atomic E-state index is 0.00113. The van der Waals surface area contributed by atoms with Gasteiger partial charge in [-0.05, 0) is 43.9 Å². The van der Waals surface area contributed by atoms with E-state index in [4.69, 9.17) is 4.52 Å². The SMILES string of the molecule is CCC1CCCCN1c1ccn2c(=O)n(Cc3nc(-c4cccc(F)c4)no3)nc2n1. The summed E-state index contributed by atoms with van der Waals surface area (Å²) in [7, 11) is 0. The average molecular weight is 423 g/mol. The van der Waals surface area contributed by atoms with Crippen molar-refractivity contribution in [2.45, 2.75) is 45.2 Å². The molecule has 3 aromatic heterocycles. The number of anilines is 1. The molecular weight excluding hydrogens is 401 g/mol. The third-order valence-corrected chi connectivity index (χ3v) is 5.67. The Kier molecular flexibility index (Phi) is 4.97. The second-order valence-electron chi connectivity index (χ2n) is 7.67. The van der Waals surface area contributed by atoms with Crippen molar-refractivity contribution >= 4 is 11.6 Å². The zero-order valence-corrected chi connectivity index (χ0v) is 17.1. The first-order chi connectivity index (χ1) is 15.1. The summed E-state index contributed by atoms with van der Waals surface area (Å²) >= 11 is 0. The lowest BCUT2D eigenvalue weighted by Crippen LogP contribution is -2.39. The Morgan fingerprint density at radius 1 is 1.23 bits per heavy atom. The van der Waals surface area contributed by atoms with Crippen molar-refractivity contribution in [1.82, 2.24) is 29.3 Å². The molecule has 4 aromatic rings. The molecule has 9 nitrogen and oxygen atoms in total. The minimum Gasteiger partial charge on any atom is -0.353 e. The number of rotatable bonds is 5. The topological polar surface area (TPSA) is 94.3 Å². The molecule has 0 N–H and O–H groups in total. The second-order valence-corrected chi connectivity index (χ2v) is 7.67. The van der Waals surface area contributed by atoms with Crippen molar-refractivity contribution in [3.05, 3.63) is 58.7 Å². The Hall–Kier alpha value is -3.56. The quantitative estimate of drug-likeness (QED) is 0.487. The fourth-order valence-electron chi connectivity index (χ4n) is 4.08. The van der Waals surface area contributed by atoms with Gasteiger partial charge in [-0.2, -0.15) is 9.97 Å². The molecule has 0 amide bonds. The first-order valence-corrected chi connectivity index (χ1v) is 10.4. The number of halogens is 1. The van der Waals surface area contributed by atoms with E-state index in [1.54, 1.807) is 18.3 Å². The smallest absolute Gasteiger partial charge is 0.352 e. The maximum Gasteiger partial charge on any atom is 0.352 e. The van der Waals surface area contributed by atoms with Crippen LogP contribution in [0.2, 0.25) is 0 Å². The fourth-order valence-corrected chi connectivity index (χ4v) is 4.08. The maximum absolute atomic E-state index is 13.4. The first-order valence-electron chi connectivity index (χ1n) is 10.4. The van der Waals surface area contributed by atoms with Crippen LogP contribution in [0.1, 0.15) is 38.5 Å². The highest BCUT2D eigenvalue weighted by atomic mass is 19.1. The van der Waals surface area contributed by atoms with Gasteiger partial charge in [-0.25, -0.2) is 18.3 Å². The van der Waals surface area contributed by atoms with Crippen LogP contribution in [0.3, 0.4) is 0 Å². The number of hydrogen-bond donors (Lipinski definition) is 0. The van der Waals surface area contributed by atoms with Gasteiger partial charge >= 0.3 is 5.69 Å². The predicted octanol–water partition coefficient (Wildman–Crippen LogP) is 2.90. The number of nitrogens with zero attached hydrogens (tertiary/aromatic N) is 7. The molecule has 4 heterocycles. The van der Waals surface area contributed by atoms with Crippen molar-refractivity contribution in [3.8, 4) is 11.4 Å². The molecular formula is C21H22FN7O2. The zero-order chi connectivity index (χ0) is 21.4. The molecule has 1 saturated heterocycles. The number of fused-ring (bicyclic) bond motifs is 1. The molecule has 0 radical (unpaired) electrons. The Morgan fingerprint density at radius 2 is 2.13 bits per heavy atom. The lowest BCUT2D eigenvalue weighted by molar-refractivity contribution is 0.364. The minimum atomic E-state index is -0.388. The molecule has 1 aliphatic rings. The summed E-state index contributed by atoms with van der Waals surface area (Å²) in [5.41, 5.74) is 0.154. The van der Waals surface area contributed by atoms with Gasteiger partial charge in [0.05, 0.1) is 0 Å². The lowest BCUT2D eigenvalue weighted by Gasteiger charge is -2.36. The summed E-state index contributed by atoms with van der Waals surface area (Å²) in [6.45, 7) is 3.14. The van der Waals surface area contributed by atoms with E-state index in [2.05, 4.69) is 32.0 Å². The third kappa shape index (κ3) is 3.69. The first kappa shape index (κ1) is 19.4. The van der Waals surface area contributed by atoms with Crippen LogP contribution in [0.4, 0.5) is 10.2 Å². The highest BCUT2D eigenvalue weighted by Gasteiger charge is 2.23. The van der Waals surface area contributed by atoms with Gasteiger partial charge in [-0.1, -0.05) is 24.2 Å². The summed E-state index contributed by atoms with van der Waals surface area (Å²) in [5.74, 6) is 1.23. The molecule has 1 fully saturated rings. The molecule has 0 aliphatic carbocycles. The zero-order valence-electron chi connectivity index (χ0n) is 17.1. The molecule has 160 valence electrons. The Balaban J connectivity index is 1.42. The lowest BCUT2D eigenvalue weighted by atomic mass is 10.0. The van der Waals surface area contributed by atoms with Crippen LogP contribution >= 0.6 is 0 Å². The summed E-state index contributed by atoms with van der Waals surface area (Å²) in [4.78, 5) is 23.9. The maximum atomic E-state index is 13.4. The Labute approximate surface area is 177 Å². The van der Waals surface area contributed by atoms with E-state index in [0.29, 0.717) is 17.4 Å². The van der Waals surface area contributed by atoms with Crippen molar-refractivity contribution in [2.75, 3.05) is 11.4 Å². The number of aromatic nitrogens is 6. The van der Waals surface area contributed by atoms with Gasteiger partial charge in [-0.3, -0.25) is 0 Å². The van der Waals surface area contributed by atoms with Gasteiger partial charge in [0.2, 0.25) is 11.7 Å². The molecule has 1 aliphatic heterocycles. The van der Waals surface area contributed by atoms with Crippen LogP contribution in [0.15, 0.2) is 45.8 Å². The van der Waals surface area contributed by atoms with Gasteiger partial charge < -0.3 is 9.42 Å². The third-order valence-electron chi connectivity index (χ3n) is 5.67. The van der Waals surface area contributed by atoms with Gasteiger partial charge in [-0.15, -0.1) is 5.10 Å². The van der Waals surface area contributed by atoms with Crippen molar-refractivity contribution < 1.29 is 8.91 Å². The summed E-state index contributed by atoms with van der Waals surface area (Å²) in [5, 5.41) is 8.23. The molecule has 10 heteroatoms. The van der Waals surface area contributed by atoms with Crippen molar-refractivity contribution in [3.63, 3.8) is 0 Å². The Bertz CT molecular complexity index is 1280. The van der Waals surface area contributed by atoms with E-state index in [-0.39, 0.29) is 29.8 Å². The Morgan fingerprint density at radius 3 is 2.97 bits per heavy atom. The van der Waals surface area contributed by atoms with Crippen LogP contribution < -0.4 is 10.6 Å². The summed E-state index contributed by atoms with van der Waals surface area (Å²) in [6, 6.07) is 8.24. The molecule has 0 spiro atoms. The molecule has 0 bridgehead atoms. The number of piperidine rings is 1. The number of benzene rings is 1. The van der Waals surface area contributed by atoms with Gasteiger partial charge in [0.25, 0.3) is 5.78 Å². The number of hydrogen-bond acceptors (Lipinski definition) is 7. The normalized spacial score (nSPS) is 16.8. The largest absolute Gasteiger partial charge is 0.353 e. The van der Waals surface area contributed by atoms with Crippen LogP contribution in [0.5, 0.6) is 0 Å². The molecule has 1 aromatic carbocycles. The van der Waals surface area contributed by atoms with Crippen LogP contribution in [-0.4, -0.2) is 41.9 Å². The molecule has 1 unspecified atom stereocenters. The highest BCUT2D eigenvalue weighted by molar-refractivity contribution is 5.53. The van der Waals surface area contributed by atoms with Gasteiger partial charge in [0.15, 0.2) is 0 Å².